The summed E-state index contributed by atoms with van der Waals surface area (Å²) in [5.41, 5.74) is 4.02. The third-order valence-electron chi connectivity index (χ3n) is 5.72. The maximum atomic E-state index is 15.0. The highest BCUT2D eigenvalue weighted by Gasteiger charge is 2.22. The molecule has 194 valence electrons. The van der Waals surface area contributed by atoms with Crippen LogP contribution in [0.4, 0.5) is 14.9 Å². The number of rotatable bonds is 7. The second kappa shape index (κ2) is 10.5. The van der Waals surface area contributed by atoms with E-state index in [4.69, 9.17) is 14.2 Å². The summed E-state index contributed by atoms with van der Waals surface area (Å²) >= 11 is 1.39. The second-order valence-electron chi connectivity index (χ2n) is 8.55. The lowest BCUT2D eigenvalue weighted by atomic mass is 10.1. The third kappa shape index (κ3) is 5.30. The monoisotopic (exact) mass is 534 g/mol. The van der Waals surface area contributed by atoms with Gasteiger partial charge in [0.2, 0.25) is 5.88 Å². The van der Waals surface area contributed by atoms with E-state index in [1.807, 2.05) is 19.1 Å². The molecule has 0 radical (unpaired) electrons. The number of amides is 1. The quantitative estimate of drug-likeness (QED) is 0.286. The molecule has 10 nitrogen and oxygen atoms in total. The van der Waals surface area contributed by atoms with Crippen molar-refractivity contribution in [3.8, 4) is 22.2 Å². The number of carbonyl (C=O) groups is 1. The number of benzene rings is 2. The van der Waals surface area contributed by atoms with Gasteiger partial charge < -0.3 is 14.2 Å². The van der Waals surface area contributed by atoms with E-state index in [1.165, 1.54) is 43.2 Å². The van der Waals surface area contributed by atoms with Gasteiger partial charge in [0, 0.05) is 17.7 Å². The Balaban J connectivity index is 1.36. The maximum Gasteiger partial charge on any atom is 0.412 e. The number of fused-ring (bicyclic) bond motifs is 2. The van der Waals surface area contributed by atoms with Gasteiger partial charge in [-0.3, -0.25) is 5.32 Å². The van der Waals surface area contributed by atoms with Gasteiger partial charge in [-0.15, -0.1) is 11.3 Å². The fourth-order valence-corrected chi connectivity index (χ4v) is 4.71. The van der Waals surface area contributed by atoms with Gasteiger partial charge in [-0.1, -0.05) is 0 Å². The normalized spacial score (nSPS) is 12.8. The molecule has 0 saturated carbocycles. The summed E-state index contributed by atoms with van der Waals surface area (Å²) in [6.07, 6.45) is 3.77. The number of anilines is 1. The molecular weight excluding hydrogens is 511 g/mol. The molecule has 38 heavy (non-hydrogen) atoms. The first-order chi connectivity index (χ1) is 18.3. The van der Waals surface area contributed by atoms with Crippen molar-refractivity contribution >= 4 is 44.4 Å². The van der Waals surface area contributed by atoms with Crippen LogP contribution in [0.3, 0.4) is 0 Å². The SMILES string of the molecule is COc1cnc2c(-c3nc4cc(F)c(OC(C)C(C)OC(=O)Nc5cncnc5)cc4s3)cc(C)cc2n1. The predicted molar refractivity (Wildman–Crippen MR) is 141 cm³/mol. The van der Waals surface area contributed by atoms with E-state index in [-0.39, 0.29) is 5.75 Å². The number of hydrogen-bond donors (Lipinski definition) is 1. The van der Waals surface area contributed by atoms with Crippen LogP contribution in [-0.2, 0) is 4.74 Å². The number of hydrogen-bond acceptors (Lipinski definition) is 10. The molecule has 12 heteroatoms. The first-order valence-corrected chi connectivity index (χ1v) is 12.4. The van der Waals surface area contributed by atoms with Crippen LogP contribution in [0.2, 0.25) is 0 Å². The van der Waals surface area contributed by atoms with Gasteiger partial charge >= 0.3 is 6.09 Å². The summed E-state index contributed by atoms with van der Waals surface area (Å²) < 4.78 is 32.1. The fourth-order valence-electron chi connectivity index (χ4n) is 3.72. The minimum Gasteiger partial charge on any atom is -0.484 e. The van der Waals surface area contributed by atoms with E-state index in [0.717, 1.165) is 15.8 Å². The van der Waals surface area contributed by atoms with E-state index in [2.05, 4.69) is 30.2 Å². The Hall–Kier alpha value is -4.45. The van der Waals surface area contributed by atoms with Crippen LogP contribution in [0.15, 0.2) is 49.2 Å². The summed E-state index contributed by atoms with van der Waals surface area (Å²) in [7, 11) is 1.54. The van der Waals surface area contributed by atoms with Gasteiger partial charge in [-0.05, 0) is 38.5 Å². The van der Waals surface area contributed by atoms with Gasteiger partial charge in [0.1, 0.15) is 23.5 Å². The first kappa shape index (κ1) is 25.2. The van der Waals surface area contributed by atoms with Gasteiger partial charge in [0.05, 0.1) is 52.6 Å². The van der Waals surface area contributed by atoms with Crippen molar-refractivity contribution in [2.24, 2.45) is 0 Å². The van der Waals surface area contributed by atoms with E-state index in [1.54, 1.807) is 26.1 Å². The lowest BCUT2D eigenvalue weighted by Crippen LogP contribution is -2.32. The van der Waals surface area contributed by atoms with E-state index < -0.39 is 24.1 Å². The first-order valence-electron chi connectivity index (χ1n) is 11.6. The molecule has 0 aliphatic carbocycles. The smallest absolute Gasteiger partial charge is 0.412 e. The molecule has 2 aromatic carbocycles. The van der Waals surface area contributed by atoms with Crippen LogP contribution in [0.5, 0.6) is 11.6 Å². The lowest BCUT2D eigenvalue weighted by Gasteiger charge is -2.22. The van der Waals surface area contributed by atoms with Crippen LogP contribution < -0.4 is 14.8 Å². The highest BCUT2D eigenvalue weighted by Crippen LogP contribution is 2.37. The number of nitrogens with zero attached hydrogens (tertiary/aromatic N) is 5. The second-order valence-corrected chi connectivity index (χ2v) is 9.58. The molecule has 3 aromatic heterocycles. The Bertz CT molecular complexity index is 1630. The summed E-state index contributed by atoms with van der Waals surface area (Å²) in [4.78, 5) is 33.5. The van der Waals surface area contributed by atoms with Crippen LogP contribution in [-0.4, -0.2) is 50.3 Å². The summed E-state index contributed by atoms with van der Waals surface area (Å²) in [6.45, 7) is 5.31. The third-order valence-corrected chi connectivity index (χ3v) is 6.78. The van der Waals surface area contributed by atoms with Crippen molar-refractivity contribution < 1.29 is 23.4 Å². The number of methoxy groups -OCH3 is 1. The summed E-state index contributed by atoms with van der Waals surface area (Å²) in [5, 5.41) is 3.21. The van der Waals surface area contributed by atoms with Crippen molar-refractivity contribution in [2.45, 2.75) is 33.0 Å². The zero-order valence-corrected chi connectivity index (χ0v) is 21.7. The van der Waals surface area contributed by atoms with E-state index >= 15 is 0 Å². The molecule has 5 rings (SSSR count). The molecule has 5 aromatic rings. The zero-order chi connectivity index (χ0) is 26.8. The molecule has 0 aliphatic heterocycles. The maximum absolute atomic E-state index is 15.0. The van der Waals surface area contributed by atoms with E-state index in [9.17, 15) is 9.18 Å². The molecule has 2 atom stereocenters. The number of thiazole rings is 1. The topological polar surface area (TPSA) is 121 Å². The van der Waals surface area contributed by atoms with Gasteiger partial charge in [-0.2, -0.15) is 0 Å². The average Bonchev–Trinajstić information content (AvgIpc) is 3.30. The van der Waals surface area contributed by atoms with Crippen molar-refractivity contribution in [1.82, 2.24) is 24.9 Å². The lowest BCUT2D eigenvalue weighted by molar-refractivity contribution is 0.0402. The fraction of sp³-hybridized carbons (Fsp3) is 0.231. The molecule has 0 saturated heterocycles. The number of aromatic nitrogens is 5. The summed E-state index contributed by atoms with van der Waals surface area (Å²) in [6, 6.07) is 6.83. The zero-order valence-electron chi connectivity index (χ0n) is 20.9. The van der Waals surface area contributed by atoms with Crippen molar-refractivity contribution in [2.75, 3.05) is 12.4 Å². The van der Waals surface area contributed by atoms with Gasteiger partial charge in [-0.25, -0.2) is 34.1 Å². The Morgan fingerprint density at radius 3 is 2.58 bits per heavy atom. The molecule has 2 unspecified atom stereocenters. The number of ether oxygens (including phenoxy) is 3. The molecule has 0 spiro atoms. The highest BCUT2D eigenvalue weighted by molar-refractivity contribution is 7.21. The Morgan fingerprint density at radius 2 is 1.82 bits per heavy atom. The van der Waals surface area contributed by atoms with Crippen LogP contribution in [0, 0.1) is 12.7 Å². The minimum atomic E-state index is -0.697. The number of carbonyl (C=O) groups excluding carboxylic acids is 1. The van der Waals surface area contributed by atoms with Crippen LogP contribution in [0.1, 0.15) is 19.4 Å². The van der Waals surface area contributed by atoms with Crippen molar-refractivity contribution in [3.63, 3.8) is 0 Å². The van der Waals surface area contributed by atoms with E-state index in [0.29, 0.717) is 33.1 Å². The number of nitrogens with one attached hydrogen (secondary N) is 1. The Labute approximate surface area is 220 Å². The molecule has 3 heterocycles. The molecule has 1 N–H and O–H groups in total. The predicted octanol–water partition coefficient (Wildman–Crippen LogP) is 5.56. The van der Waals surface area contributed by atoms with Crippen molar-refractivity contribution in [3.05, 3.63) is 60.6 Å². The minimum absolute atomic E-state index is 0.0335. The molecule has 0 bridgehead atoms. The van der Waals surface area contributed by atoms with Crippen molar-refractivity contribution in [1.29, 1.82) is 0 Å². The number of halogens is 1. The molecule has 1 amide bonds. The Morgan fingerprint density at radius 1 is 1.03 bits per heavy atom. The van der Waals surface area contributed by atoms with Crippen LogP contribution in [0.25, 0.3) is 31.8 Å². The largest absolute Gasteiger partial charge is 0.484 e. The Kier molecular flexibility index (Phi) is 6.97. The van der Waals surface area contributed by atoms with Gasteiger partial charge in [0.25, 0.3) is 0 Å². The highest BCUT2D eigenvalue weighted by atomic mass is 32.1. The van der Waals surface area contributed by atoms with Gasteiger partial charge in [0.15, 0.2) is 11.6 Å². The molecule has 0 fully saturated rings. The molecule has 0 aliphatic rings. The average molecular weight is 535 g/mol. The number of aryl methyl sites for hydroxylation is 1. The summed E-state index contributed by atoms with van der Waals surface area (Å²) in [5.74, 6) is -0.120. The van der Waals surface area contributed by atoms with Crippen LogP contribution >= 0.6 is 11.3 Å². The standard InChI is InChI=1S/C26H23FN6O4S/c1-13-5-17(24-20(6-13)32-23(35-4)11-30-24)25-33-19-7-18(27)21(8-22(19)38-25)36-14(2)15(3)37-26(34)31-16-9-28-12-29-10-16/h5-12,14-15H,1-4H3,(H,31,34). The molecular formula is C26H23FN6O4S.